The zero-order chi connectivity index (χ0) is 12.3. The van der Waals surface area contributed by atoms with Crippen LogP contribution in [0.25, 0.3) is 0 Å². The molecule has 0 saturated carbocycles. The molecule has 17 heavy (non-hydrogen) atoms. The van der Waals surface area contributed by atoms with E-state index in [-0.39, 0.29) is 6.04 Å². The molecule has 92 valence electrons. The van der Waals surface area contributed by atoms with Gasteiger partial charge in [0.2, 0.25) is 0 Å². The third-order valence-electron chi connectivity index (χ3n) is 2.90. The summed E-state index contributed by atoms with van der Waals surface area (Å²) in [6.07, 6.45) is 3.84. The lowest BCUT2D eigenvalue weighted by Gasteiger charge is -2.20. The van der Waals surface area contributed by atoms with Gasteiger partial charge in [-0.25, -0.2) is 0 Å². The van der Waals surface area contributed by atoms with Crippen molar-refractivity contribution in [2.45, 2.75) is 18.9 Å². The first-order chi connectivity index (χ1) is 8.22. The van der Waals surface area contributed by atoms with Crippen molar-refractivity contribution >= 4 is 15.9 Å². The van der Waals surface area contributed by atoms with Crippen LogP contribution < -0.4 is 10.5 Å². The molecule has 1 aromatic rings. The van der Waals surface area contributed by atoms with Gasteiger partial charge in [-0.1, -0.05) is 6.07 Å². The minimum Gasteiger partial charge on any atom is -0.501 e. The summed E-state index contributed by atoms with van der Waals surface area (Å²) in [4.78, 5) is 0. The molecule has 2 rings (SSSR count). The molecular formula is C13H16BrNO2. The van der Waals surface area contributed by atoms with Gasteiger partial charge in [-0.15, -0.1) is 0 Å². The van der Waals surface area contributed by atoms with E-state index in [2.05, 4.69) is 15.9 Å². The smallest absolute Gasteiger partial charge is 0.133 e. The second kappa shape index (κ2) is 5.56. The number of benzene rings is 1. The first kappa shape index (κ1) is 12.5. The fourth-order valence-electron chi connectivity index (χ4n) is 1.90. The summed E-state index contributed by atoms with van der Waals surface area (Å²) in [5.74, 6) is 0.815. The normalized spacial score (nSPS) is 17.0. The van der Waals surface area contributed by atoms with Crippen molar-refractivity contribution in [1.29, 1.82) is 0 Å². The van der Waals surface area contributed by atoms with E-state index in [1.165, 1.54) is 0 Å². The standard InChI is InChI=1S/C13H16BrNO2/c1-16-12-5-4-9(7-11(12)14)13(15)10-3-2-6-17-8-10/h4-5,7-8,13H,2-3,6,15H2,1H3. The maximum Gasteiger partial charge on any atom is 0.133 e. The van der Waals surface area contributed by atoms with Gasteiger partial charge in [0.1, 0.15) is 5.75 Å². The summed E-state index contributed by atoms with van der Waals surface area (Å²) in [6.45, 7) is 0.794. The molecule has 0 amide bonds. The largest absolute Gasteiger partial charge is 0.501 e. The van der Waals surface area contributed by atoms with Crippen LogP contribution in [0.5, 0.6) is 5.75 Å². The highest BCUT2D eigenvalue weighted by Crippen LogP contribution is 2.31. The van der Waals surface area contributed by atoms with Crippen LogP contribution in [0.15, 0.2) is 34.5 Å². The Hall–Kier alpha value is -1.00. The molecule has 1 heterocycles. The Bertz CT molecular complexity index is 431. The molecule has 3 nitrogen and oxygen atoms in total. The summed E-state index contributed by atoms with van der Waals surface area (Å²) in [5.41, 5.74) is 8.43. The second-order valence-electron chi connectivity index (χ2n) is 4.04. The Morgan fingerprint density at radius 1 is 1.47 bits per heavy atom. The van der Waals surface area contributed by atoms with E-state index in [4.69, 9.17) is 15.2 Å². The number of rotatable bonds is 3. The number of nitrogens with two attached hydrogens (primary N) is 1. The van der Waals surface area contributed by atoms with Crippen molar-refractivity contribution < 1.29 is 9.47 Å². The fourth-order valence-corrected chi connectivity index (χ4v) is 2.46. The van der Waals surface area contributed by atoms with Gasteiger partial charge in [0.25, 0.3) is 0 Å². The van der Waals surface area contributed by atoms with Crippen LogP contribution in [0.2, 0.25) is 0 Å². The van der Waals surface area contributed by atoms with Crippen LogP contribution in [0.3, 0.4) is 0 Å². The molecule has 0 spiro atoms. The van der Waals surface area contributed by atoms with Crippen LogP contribution in [0.1, 0.15) is 24.4 Å². The molecule has 1 atom stereocenters. The third kappa shape index (κ3) is 2.82. The van der Waals surface area contributed by atoms with Gasteiger partial charge in [0.15, 0.2) is 0 Å². The van der Waals surface area contributed by atoms with Gasteiger partial charge in [-0.05, 0) is 52.0 Å². The Morgan fingerprint density at radius 2 is 2.29 bits per heavy atom. The third-order valence-corrected chi connectivity index (χ3v) is 3.52. The Kier molecular flexibility index (Phi) is 4.07. The predicted octanol–water partition coefficient (Wildman–Crippen LogP) is 3.15. The lowest BCUT2D eigenvalue weighted by atomic mass is 9.96. The molecule has 1 aliphatic rings. The molecule has 0 saturated heterocycles. The second-order valence-corrected chi connectivity index (χ2v) is 4.89. The van der Waals surface area contributed by atoms with Crippen LogP contribution in [0.4, 0.5) is 0 Å². The SMILES string of the molecule is COc1ccc(C(N)C2=COCCC2)cc1Br. The molecular weight excluding hydrogens is 282 g/mol. The quantitative estimate of drug-likeness (QED) is 0.932. The van der Waals surface area contributed by atoms with E-state index >= 15 is 0 Å². The molecule has 0 aliphatic carbocycles. The minimum absolute atomic E-state index is 0.0995. The highest BCUT2D eigenvalue weighted by atomic mass is 79.9. The van der Waals surface area contributed by atoms with Crippen molar-refractivity contribution in [1.82, 2.24) is 0 Å². The fraction of sp³-hybridized carbons (Fsp3) is 0.385. The average Bonchev–Trinajstić information content (AvgIpc) is 2.39. The van der Waals surface area contributed by atoms with Crippen LogP contribution >= 0.6 is 15.9 Å². The lowest BCUT2D eigenvalue weighted by molar-refractivity contribution is 0.221. The van der Waals surface area contributed by atoms with Crippen molar-refractivity contribution in [3.8, 4) is 5.75 Å². The van der Waals surface area contributed by atoms with Gasteiger partial charge < -0.3 is 15.2 Å². The summed E-state index contributed by atoms with van der Waals surface area (Å²) < 4.78 is 11.4. The van der Waals surface area contributed by atoms with Crippen molar-refractivity contribution in [2.24, 2.45) is 5.73 Å². The van der Waals surface area contributed by atoms with Crippen LogP contribution in [-0.2, 0) is 4.74 Å². The van der Waals surface area contributed by atoms with Crippen LogP contribution in [-0.4, -0.2) is 13.7 Å². The number of methoxy groups -OCH3 is 1. The highest BCUT2D eigenvalue weighted by molar-refractivity contribution is 9.10. The van der Waals surface area contributed by atoms with Gasteiger partial charge in [-0.2, -0.15) is 0 Å². The van der Waals surface area contributed by atoms with E-state index in [0.717, 1.165) is 40.8 Å². The maximum absolute atomic E-state index is 6.22. The molecule has 1 aliphatic heterocycles. The Morgan fingerprint density at radius 3 is 2.88 bits per heavy atom. The van der Waals surface area contributed by atoms with E-state index in [0.29, 0.717) is 0 Å². The monoisotopic (exact) mass is 297 g/mol. The molecule has 1 aromatic carbocycles. The number of ether oxygens (including phenoxy) is 2. The molecule has 0 bridgehead atoms. The molecule has 2 N–H and O–H groups in total. The summed E-state index contributed by atoms with van der Waals surface area (Å²) in [6, 6.07) is 5.81. The zero-order valence-corrected chi connectivity index (χ0v) is 11.4. The molecule has 4 heteroatoms. The highest BCUT2D eigenvalue weighted by Gasteiger charge is 2.16. The Balaban J connectivity index is 2.21. The lowest BCUT2D eigenvalue weighted by Crippen LogP contribution is -2.16. The summed E-state index contributed by atoms with van der Waals surface area (Å²) >= 11 is 3.47. The Labute approximate surface area is 110 Å². The van der Waals surface area contributed by atoms with Gasteiger partial charge in [0.05, 0.1) is 30.5 Å². The number of hydrogen-bond acceptors (Lipinski definition) is 3. The summed E-state index contributed by atoms with van der Waals surface area (Å²) in [5, 5.41) is 0. The average molecular weight is 298 g/mol. The predicted molar refractivity (Wildman–Crippen MR) is 70.9 cm³/mol. The number of halogens is 1. The minimum atomic E-state index is -0.0995. The number of hydrogen-bond donors (Lipinski definition) is 1. The summed E-state index contributed by atoms with van der Waals surface area (Å²) in [7, 11) is 1.65. The van der Waals surface area contributed by atoms with Crippen molar-refractivity contribution in [3.63, 3.8) is 0 Å². The van der Waals surface area contributed by atoms with Gasteiger partial charge in [0, 0.05) is 0 Å². The topological polar surface area (TPSA) is 44.5 Å². The molecule has 1 unspecified atom stereocenters. The van der Waals surface area contributed by atoms with E-state index < -0.39 is 0 Å². The molecule has 0 fully saturated rings. The van der Waals surface area contributed by atoms with Crippen LogP contribution in [0, 0.1) is 0 Å². The van der Waals surface area contributed by atoms with Gasteiger partial charge in [-0.3, -0.25) is 0 Å². The first-order valence-electron chi connectivity index (χ1n) is 5.62. The van der Waals surface area contributed by atoms with E-state index in [1.54, 1.807) is 13.4 Å². The van der Waals surface area contributed by atoms with Crippen molar-refractivity contribution in [2.75, 3.05) is 13.7 Å². The van der Waals surface area contributed by atoms with Gasteiger partial charge >= 0.3 is 0 Å². The molecule has 0 aromatic heterocycles. The van der Waals surface area contributed by atoms with Crippen molar-refractivity contribution in [3.05, 3.63) is 40.1 Å². The maximum atomic E-state index is 6.22. The van der Waals surface area contributed by atoms with E-state index in [1.807, 2.05) is 18.2 Å². The van der Waals surface area contributed by atoms with E-state index in [9.17, 15) is 0 Å². The zero-order valence-electron chi connectivity index (χ0n) is 9.78. The molecule has 0 radical (unpaired) electrons. The first-order valence-corrected chi connectivity index (χ1v) is 6.41.